The molecule has 0 amide bonds. The molecular formula is C25H27O3. The quantitative estimate of drug-likeness (QED) is 0.499. The van der Waals surface area contributed by atoms with Gasteiger partial charge in [-0.05, 0) is 65.9 Å². The molecule has 0 saturated carbocycles. The van der Waals surface area contributed by atoms with Crippen LogP contribution >= 0.6 is 0 Å². The van der Waals surface area contributed by atoms with E-state index in [1.165, 1.54) is 0 Å². The number of benzene rings is 3. The SMILES string of the molecule is CCCc1[c]c(-c2ccc(OC)cc2)c(C)c(-c2ccc(OC)cc2)c1OC. The van der Waals surface area contributed by atoms with Crippen molar-refractivity contribution in [3.63, 3.8) is 0 Å². The largest absolute Gasteiger partial charge is 0.497 e. The molecule has 0 saturated heterocycles. The van der Waals surface area contributed by atoms with Gasteiger partial charge in [0.1, 0.15) is 17.2 Å². The maximum atomic E-state index is 5.87. The summed E-state index contributed by atoms with van der Waals surface area (Å²) >= 11 is 0. The third-order valence-corrected chi connectivity index (χ3v) is 4.99. The van der Waals surface area contributed by atoms with E-state index in [9.17, 15) is 0 Å². The molecule has 0 atom stereocenters. The van der Waals surface area contributed by atoms with Gasteiger partial charge >= 0.3 is 0 Å². The number of hydrogen-bond donors (Lipinski definition) is 0. The second-order valence-electron chi connectivity index (χ2n) is 6.72. The lowest BCUT2D eigenvalue weighted by molar-refractivity contribution is 0.410. The third-order valence-electron chi connectivity index (χ3n) is 4.99. The zero-order chi connectivity index (χ0) is 20.1. The van der Waals surface area contributed by atoms with E-state index >= 15 is 0 Å². The Hall–Kier alpha value is -2.94. The van der Waals surface area contributed by atoms with Crippen molar-refractivity contribution in [3.05, 3.63) is 65.7 Å². The molecule has 0 bridgehead atoms. The highest BCUT2D eigenvalue weighted by molar-refractivity contribution is 5.84. The predicted octanol–water partition coefficient (Wildman–Crippen LogP) is 6.11. The van der Waals surface area contributed by atoms with Crippen LogP contribution in [0.5, 0.6) is 17.2 Å². The summed E-state index contributed by atoms with van der Waals surface area (Å²) in [5.41, 5.74) is 6.68. The summed E-state index contributed by atoms with van der Waals surface area (Å²) in [6, 6.07) is 19.9. The fourth-order valence-corrected chi connectivity index (χ4v) is 3.55. The fraction of sp³-hybridized carbons (Fsp3) is 0.280. The molecule has 3 rings (SSSR count). The minimum absolute atomic E-state index is 0.840. The smallest absolute Gasteiger partial charge is 0.130 e. The van der Waals surface area contributed by atoms with Gasteiger partial charge < -0.3 is 14.2 Å². The number of rotatable bonds is 7. The van der Waals surface area contributed by atoms with Gasteiger partial charge in [-0.1, -0.05) is 37.6 Å². The molecule has 145 valence electrons. The van der Waals surface area contributed by atoms with Crippen LogP contribution in [0.15, 0.2) is 48.5 Å². The van der Waals surface area contributed by atoms with Crippen molar-refractivity contribution in [1.29, 1.82) is 0 Å². The van der Waals surface area contributed by atoms with Crippen molar-refractivity contribution in [2.45, 2.75) is 26.7 Å². The second kappa shape index (κ2) is 8.83. The Labute approximate surface area is 167 Å². The number of hydrogen-bond acceptors (Lipinski definition) is 3. The van der Waals surface area contributed by atoms with Gasteiger partial charge in [-0.25, -0.2) is 0 Å². The van der Waals surface area contributed by atoms with E-state index in [0.29, 0.717) is 0 Å². The standard InChI is InChI=1S/C25H27O3/c1-6-7-20-16-23(18-8-12-21(26-3)13-9-18)17(2)24(25(20)28-5)19-10-14-22(27-4)15-11-19/h8-15H,6-7H2,1-5H3. The van der Waals surface area contributed by atoms with E-state index in [4.69, 9.17) is 14.2 Å². The van der Waals surface area contributed by atoms with Crippen molar-refractivity contribution in [1.82, 2.24) is 0 Å². The van der Waals surface area contributed by atoms with Crippen LogP contribution in [-0.2, 0) is 6.42 Å². The maximum absolute atomic E-state index is 5.87. The van der Waals surface area contributed by atoms with Gasteiger partial charge in [0, 0.05) is 11.1 Å². The highest BCUT2D eigenvalue weighted by Crippen LogP contribution is 2.42. The van der Waals surface area contributed by atoms with E-state index in [2.05, 4.69) is 44.2 Å². The molecule has 28 heavy (non-hydrogen) atoms. The van der Waals surface area contributed by atoms with Crippen LogP contribution in [0.1, 0.15) is 24.5 Å². The molecule has 3 aromatic rings. The van der Waals surface area contributed by atoms with Crippen LogP contribution < -0.4 is 14.2 Å². The second-order valence-corrected chi connectivity index (χ2v) is 6.72. The lowest BCUT2D eigenvalue weighted by atomic mass is 9.88. The van der Waals surface area contributed by atoms with Crippen LogP contribution in [0.3, 0.4) is 0 Å². The van der Waals surface area contributed by atoms with E-state index in [-0.39, 0.29) is 0 Å². The molecule has 0 aliphatic rings. The Morgan fingerprint density at radius 2 is 1.29 bits per heavy atom. The molecule has 0 N–H and O–H groups in total. The Bertz CT molecular complexity index is 926. The van der Waals surface area contributed by atoms with E-state index in [1.807, 2.05) is 24.3 Å². The normalized spacial score (nSPS) is 10.6. The number of ether oxygens (including phenoxy) is 3. The summed E-state index contributed by atoms with van der Waals surface area (Å²) in [4.78, 5) is 0. The highest BCUT2D eigenvalue weighted by Gasteiger charge is 2.19. The van der Waals surface area contributed by atoms with Gasteiger partial charge in [0.15, 0.2) is 0 Å². The Morgan fingerprint density at radius 3 is 1.75 bits per heavy atom. The van der Waals surface area contributed by atoms with Crippen LogP contribution in [0, 0.1) is 13.0 Å². The average molecular weight is 375 g/mol. The molecule has 3 aromatic carbocycles. The first-order valence-corrected chi connectivity index (χ1v) is 9.54. The van der Waals surface area contributed by atoms with Gasteiger partial charge in [0.25, 0.3) is 0 Å². The summed E-state index contributed by atoms with van der Waals surface area (Å²) in [5, 5.41) is 0. The van der Waals surface area contributed by atoms with Crippen molar-refractivity contribution < 1.29 is 14.2 Å². The summed E-state index contributed by atoms with van der Waals surface area (Å²) in [6.45, 7) is 4.31. The average Bonchev–Trinajstić information content (AvgIpc) is 2.75. The number of methoxy groups -OCH3 is 3. The maximum Gasteiger partial charge on any atom is 0.130 e. The minimum atomic E-state index is 0.840. The van der Waals surface area contributed by atoms with Crippen LogP contribution in [0.4, 0.5) is 0 Å². The van der Waals surface area contributed by atoms with Gasteiger partial charge in [-0.3, -0.25) is 0 Å². The van der Waals surface area contributed by atoms with Gasteiger partial charge in [-0.15, -0.1) is 0 Å². The molecule has 0 spiro atoms. The molecule has 0 unspecified atom stereocenters. The minimum Gasteiger partial charge on any atom is -0.497 e. The van der Waals surface area contributed by atoms with E-state index in [1.54, 1.807) is 21.3 Å². The topological polar surface area (TPSA) is 27.7 Å². The monoisotopic (exact) mass is 375 g/mol. The Morgan fingerprint density at radius 1 is 0.750 bits per heavy atom. The molecule has 0 fully saturated rings. The predicted molar refractivity (Wildman–Crippen MR) is 115 cm³/mol. The van der Waals surface area contributed by atoms with Crippen molar-refractivity contribution >= 4 is 0 Å². The zero-order valence-corrected chi connectivity index (χ0v) is 17.3. The van der Waals surface area contributed by atoms with Crippen LogP contribution in [0.25, 0.3) is 22.3 Å². The van der Waals surface area contributed by atoms with Gasteiger partial charge in [0.05, 0.1) is 21.3 Å². The summed E-state index contributed by atoms with van der Waals surface area (Å²) < 4.78 is 16.5. The third kappa shape index (κ3) is 3.84. The van der Waals surface area contributed by atoms with Gasteiger partial charge in [0.2, 0.25) is 0 Å². The van der Waals surface area contributed by atoms with Crippen molar-refractivity contribution in [2.75, 3.05) is 21.3 Å². The summed E-state index contributed by atoms with van der Waals surface area (Å²) in [5.74, 6) is 2.59. The summed E-state index contributed by atoms with van der Waals surface area (Å²) in [6.07, 6.45) is 1.94. The lowest BCUT2D eigenvalue weighted by Crippen LogP contribution is -2.00. The first kappa shape index (κ1) is 19.8. The molecular weight excluding hydrogens is 348 g/mol. The Balaban J connectivity index is 2.23. The van der Waals surface area contributed by atoms with Crippen molar-refractivity contribution in [3.8, 4) is 39.5 Å². The molecule has 3 nitrogen and oxygen atoms in total. The summed E-state index contributed by atoms with van der Waals surface area (Å²) in [7, 11) is 5.10. The molecule has 0 aliphatic heterocycles. The van der Waals surface area contributed by atoms with E-state index in [0.717, 1.165) is 63.5 Å². The van der Waals surface area contributed by atoms with Crippen LogP contribution in [-0.4, -0.2) is 21.3 Å². The molecule has 0 heterocycles. The first-order valence-electron chi connectivity index (χ1n) is 9.54. The van der Waals surface area contributed by atoms with Gasteiger partial charge in [-0.2, -0.15) is 0 Å². The zero-order valence-electron chi connectivity index (χ0n) is 17.3. The Kier molecular flexibility index (Phi) is 6.25. The molecule has 3 heteroatoms. The lowest BCUT2D eigenvalue weighted by Gasteiger charge is -2.20. The van der Waals surface area contributed by atoms with E-state index < -0.39 is 0 Å². The highest BCUT2D eigenvalue weighted by atomic mass is 16.5. The first-order chi connectivity index (χ1) is 13.6. The molecule has 0 aliphatic carbocycles. The molecule has 0 aromatic heterocycles. The molecule has 1 radical (unpaired) electrons. The number of aryl methyl sites for hydroxylation is 1. The van der Waals surface area contributed by atoms with Crippen molar-refractivity contribution in [2.24, 2.45) is 0 Å². The van der Waals surface area contributed by atoms with Crippen LogP contribution in [0.2, 0.25) is 0 Å². The fourth-order valence-electron chi connectivity index (χ4n) is 3.55.